The van der Waals surface area contributed by atoms with Gasteiger partial charge in [-0.2, -0.15) is 0 Å². The third-order valence-corrected chi connectivity index (χ3v) is 4.22. The number of rotatable bonds is 2. The Morgan fingerprint density at radius 2 is 1.86 bits per heavy atom. The number of amides is 1. The summed E-state index contributed by atoms with van der Waals surface area (Å²) in [4.78, 5) is 28.4. The van der Waals surface area contributed by atoms with Crippen LogP contribution in [-0.2, 0) is 4.79 Å². The molecular formula is C17H16INO2. The van der Waals surface area contributed by atoms with Crippen molar-refractivity contribution in [1.29, 1.82) is 0 Å². The standard InChI is InChI=1S/C17H16INO2/c1-10(2)13-9-15(11(3)8-16(13)20)19-17(21)12-6-4-5-7-14(12)18/h4-10H,1-3H3. The van der Waals surface area contributed by atoms with Gasteiger partial charge in [-0.1, -0.05) is 26.0 Å². The Labute approximate surface area is 138 Å². The number of ketones is 1. The minimum absolute atomic E-state index is 0.00295. The number of halogens is 1. The fourth-order valence-corrected chi connectivity index (χ4v) is 2.68. The van der Waals surface area contributed by atoms with Gasteiger partial charge in [0, 0.05) is 9.14 Å². The molecule has 3 nitrogen and oxygen atoms in total. The molecule has 0 saturated heterocycles. The molecule has 4 heteroatoms. The fourth-order valence-electron chi connectivity index (χ4n) is 2.06. The van der Waals surface area contributed by atoms with Gasteiger partial charge in [-0.3, -0.25) is 9.59 Å². The van der Waals surface area contributed by atoms with Gasteiger partial charge >= 0.3 is 0 Å². The van der Waals surface area contributed by atoms with Crippen LogP contribution in [0.1, 0.15) is 31.1 Å². The summed E-state index contributed by atoms with van der Waals surface area (Å²) in [5.74, 6) is -0.168. The Morgan fingerprint density at radius 1 is 1.19 bits per heavy atom. The van der Waals surface area contributed by atoms with Crippen LogP contribution in [0.15, 0.2) is 52.6 Å². The lowest BCUT2D eigenvalue weighted by molar-refractivity contribution is -0.111. The van der Waals surface area contributed by atoms with Crippen molar-refractivity contribution >= 4 is 40.0 Å². The lowest BCUT2D eigenvalue weighted by Gasteiger charge is -2.15. The zero-order valence-corrected chi connectivity index (χ0v) is 14.3. The number of benzene rings is 1. The van der Waals surface area contributed by atoms with E-state index in [9.17, 15) is 9.59 Å². The largest absolute Gasteiger partial charge is 0.290 e. The average Bonchev–Trinajstić information content (AvgIpc) is 2.41. The van der Waals surface area contributed by atoms with Gasteiger partial charge in [0.25, 0.3) is 5.91 Å². The van der Waals surface area contributed by atoms with Gasteiger partial charge in [0.2, 0.25) is 0 Å². The Bertz CT molecular complexity index is 696. The van der Waals surface area contributed by atoms with Crippen LogP contribution < -0.4 is 0 Å². The van der Waals surface area contributed by atoms with E-state index in [1.165, 1.54) is 0 Å². The molecule has 1 aliphatic carbocycles. The molecule has 0 fully saturated rings. The van der Waals surface area contributed by atoms with Crippen molar-refractivity contribution in [3.8, 4) is 0 Å². The molecule has 0 aliphatic heterocycles. The highest BCUT2D eigenvalue weighted by Gasteiger charge is 2.20. The van der Waals surface area contributed by atoms with E-state index in [0.717, 1.165) is 9.14 Å². The quantitative estimate of drug-likeness (QED) is 0.564. The van der Waals surface area contributed by atoms with Gasteiger partial charge in [0.15, 0.2) is 5.78 Å². The molecule has 0 heterocycles. The molecule has 0 saturated carbocycles. The van der Waals surface area contributed by atoms with Crippen LogP contribution in [0.25, 0.3) is 0 Å². The van der Waals surface area contributed by atoms with Crippen molar-refractivity contribution in [3.63, 3.8) is 0 Å². The highest BCUT2D eigenvalue weighted by atomic mass is 127. The summed E-state index contributed by atoms with van der Waals surface area (Å²) >= 11 is 2.12. The summed E-state index contributed by atoms with van der Waals surface area (Å²) in [7, 11) is 0. The molecule has 0 atom stereocenters. The lowest BCUT2D eigenvalue weighted by Crippen LogP contribution is -2.16. The van der Waals surface area contributed by atoms with E-state index in [4.69, 9.17) is 0 Å². The van der Waals surface area contributed by atoms with Crippen LogP contribution in [0.5, 0.6) is 0 Å². The van der Waals surface area contributed by atoms with Crippen LogP contribution in [-0.4, -0.2) is 17.4 Å². The lowest BCUT2D eigenvalue weighted by atomic mass is 9.90. The SMILES string of the molecule is CC1=CC(=O)C(C(C)C)=CC1=NC(=O)c1ccccc1I. The van der Waals surface area contributed by atoms with E-state index < -0.39 is 0 Å². The third-order valence-electron chi connectivity index (χ3n) is 3.28. The Morgan fingerprint density at radius 3 is 2.48 bits per heavy atom. The maximum absolute atomic E-state index is 12.3. The molecule has 21 heavy (non-hydrogen) atoms. The molecule has 108 valence electrons. The maximum Gasteiger partial charge on any atom is 0.278 e. The second kappa shape index (κ2) is 6.47. The monoisotopic (exact) mass is 393 g/mol. The Balaban J connectivity index is 2.40. The number of allylic oxidation sites excluding steroid dienone is 4. The van der Waals surface area contributed by atoms with Crippen molar-refractivity contribution in [1.82, 2.24) is 0 Å². The molecule has 0 unspecified atom stereocenters. The van der Waals surface area contributed by atoms with Crippen LogP contribution in [0.3, 0.4) is 0 Å². The van der Waals surface area contributed by atoms with Crippen molar-refractivity contribution in [2.75, 3.05) is 0 Å². The third kappa shape index (κ3) is 3.56. The van der Waals surface area contributed by atoms with E-state index in [-0.39, 0.29) is 17.6 Å². The first-order chi connectivity index (χ1) is 9.90. The normalized spacial score (nSPS) is 17.0. The maximum atomic E-state index is 12.3. The Hall–Kier alpha value is -1.56. The van der Waals surface area contributed by atoms with Gasteiger partial charge < -0.3 is 0 Å². The van der Waals surface area contributed by atoms with E-state index in [2.05, 4.69) is 27.6 Å². The first-order valence-electron chi connectivity index (χ1n) is 6.72. The van der Waals surface area contributed by atoms with E-state index in [1.807, 2.05) is 32.0 Å². The molecule has 0 spiro atoms. The summed E-state index contributed by atoms with van der Waals surface area (Å²) in [6.07, 6.45) is 3.29. The molecule has 2 rings (SSSR count). The molecule has 0 radical (unpaired) electrons. The zero-order chi connectivity index (χ0) is 15.6. The van der Waals surface area contributed by atoms with Crippen molar-refractivity contribution in [2.24, 2.45) is 10.9 Å². The number of aliphatic imine (C=N–C) groups is 1. The number of nitrogens with zero attached hydrogens (tertiary/aromatic N) is 1. The molecule has 1 amide bonds. The number of carbonyl (C=O) groups excluding carboxylic acids is 2. The topological polar surface area (TPSA) is 46.5 Å². The van der Waals surface area contributed by atoms with Crippen molar-refractivity contribution in [2.45, 2.75) is 20.8 Å². The number of hydrogen-bond donors (Lipinski definition) is 0. The first-order valence-corrected chi connectivity index (χ1v) is 7.80. The summed E-state index contributed by atoms with van der Waals surface area (Å²) in [5.41, 5.74) is 2.57. The van der Waals surface area contributed by atoms with Crippen LogP contribution in [0.2, 0.25) is 0 Å². The summed E-state index contributed by atoms with van der Waals surface area (Å²) < 4.78 is 0.867. The molecular weight excluding hydrogens is 377 g/mol. The predicted octanol–water partition coefficient (Wildman–Crippen LogP) is 3.98. The van der Waals surface area contributed by atoms with E-state index in [1.54, 1.807) is 25.1 Å². The van der Waals surface area contributed by atoms with Gasteiger partial charge in [-0.15, -0.1) is 0 Å². The van der Waals surface area contributed by atoms with Crippen molar-refractivity contribution < 1.29 is 9.59 Å². The van der Waals surface area contributed by atoms with E-state index in [0.29, 0.717) is 16.8 Å². The highest BCUT2D eigenvalue weighted by molar-refractivity contribution is 14.1. The first kappa shape index (κ1) is 15.8. The Kier molecular flexibility index (Phi) is 4.88. The van der Waals surface area contributed by atoms with Gasteiger partial charge in [-0.05, 0) is 65.3 Å². The summed E-state index contributed by atoms with van der Waals surface area (Å²) in [6, 6.07) is 7.33. The fraction of sp³-hybridized carbons (Fsp3) is 0.235. The minimum atomic E-state index is -0.281. The molecule has 0 bridgehead atoms. The van der Waals surface area contributed by atoms with Crippen LogP contribution >= 0.6 is 22.6 Å². The number of hydrogen-bond acceptors (Lipinski definition) is 2. The number of carbonyl (C=O) groups is 2. The molecule has 1 aliphatic rings. The summed E-state index contributed by atoms with van der Waals surface area (Å²) in [5, 5.41) is 0. The average molecular weight is 393 g/mol. The van der Waals surface area contributed by atoms with Crippen molar-refractivity contribution in [3.05, 3.63) is 56.7 Å². The molecule has 0 aromatic heterocycles. The highest BCUT2D eigenvalue weighted by Crippen LogP contribution is 2.20. The van der Waals surface area contributed by atoms with Crippen LogP contribution in [0, 0.1) is 9.49 Å². The van der Waals surface area contributed by atoms with Gasteiger partial charge in [0.05, 0.1) is 11.3 Å². The smallest absolute Gasteiger partial charge is 0.278 e. The van der Waals surface area contributed by atoms with Gasteiger partial charge in [-0.25, -0.2) is 4.99 Å². The minimum Gasteiger partial charge on any atom is -0.290 e. The second-order valence-electron chi connectivity index (χ2n) is 5.23. The van der Waals surface area contributed by atoms with Crippen LogP contribution in [0.4, 0.5) is 0 Å². The molecule has 1 aromatic carbocycles. The second-order valence-corrected chi connectivity index (χ2v) is 6.39. The van der Waals surface area contributed by atoms with Gasteiger partial charge in [0.1, 0.15) is 0 Å². The molecule has 0 N–H and O–H groups in total. The summed E-state index contributed by atoms with van der Waals surface area (Å²) in [6.45, 7) is 5.71. The zero-order valence-electron chi connectivity index (χ0n) is 12.2. The van der Waals surface area contributed by atoms with E-state index >= 15 is 0 Å². The predicted molar refractivity (Wildman–Crippen MR) is 92.6 cm³/mol. The molecule has 1 aromatic rings.